The van der Waals surface area contributed by atoms with E-state index in [1.54, 1.807) is 0 Å². The molecule has 0 saturated carbocycles. The summed E-state index contributed by atoms with van der Waals surface area (Å²) in [5.74, 6) is 0. The normalized spacial score (nSPS) is 13.2. The Morgan fingerprint density at radius 2 is 0.792 bits per heavy atom. The average molecular weight is 669 g/mol. The van der Waals surface area contributed by atoms with Crippen molar-refractivity contribution in [3.05, 3.63) is 48.6 Å². The van der Waals surface area contributed by atoms with Crippen molar-refractivity contribution < 1.29 is 0 Å². The Labute approximate surface area is 304 Å². The van der Waals surface area contributed by atoms with Crippen molar-refractivity contribution in [3.8, 4) is 0 Å². The van der Waals surface area contributed by atoms with Crippen LogP contribution in [0.25, 0.3) is 0 Å². The molecule has 0 aromatic heterocycles. The Morgan fingerprint density at radius 1 is 0.417 bits per heavy atom. The van der Waals surface area contributed by atoms with Crippen molar-refractivity contribution in [2.24, 2.45) is 0 Å². The van der Waals surface area contributed by atoms with Crippen LogP contribution in [0.3, 0.4) is 0 Å². The van der Waals surface area contributed by atoms with Gasteiger partial charge in [0.2, 0.25) is 0 Å². The highest BCUT2D eigenvalue weighted by Gasteiger charge is 2.12. The van der Waals surface area contributed by atoms with Gasteiger partial charge in [-0.2, -0.15) is 0 Å². The number of nitrogens with zero attached hydrogens (tertiary/aromatic N) is 1. The fourth-order valence-corrected chi connectivity index (χ4v) is 6.72. The van der Waals surface area contributed by atoms with Crippen LogP contribution < -0.4 is 5.32 Å². The molecule has 2 nitrogen and oxygen atoms in total. The summed E-state index contributed by atoms with van der Waals surface area (Å²) in [6.07, 6.45) is 56.5. The molecule has 1 unspecified atom stereocenters. The number of rotatable bonds is 38. The van der Waals surface area contributed by atoms with E-state index in [0.717, 1.165) is 12.8 Å². The molecule has 0 fully saturated rings. The molecule has 0 aliphatic carbocycles. The summed E-state index contributed by atoms with van der Waals surface area (Å²) < 4.78 is 0. The Bertz CT molecular complexity index is 668. The van der Waals surface area contributed by atoms with E-state index in [9.17, 15) is 0 Å². The summed E-state index contributed by atoms with van der Waals surface area (Å²) in [6.45, 7) is 15.2. The van der Waals surface area contributed by atoms with Gasteiger partial charge in [-0.05, 0) is 116 Å². The molecule has 1 atom stereocenters. The molecular formula is C46H88N2. The average Bonchev–Trinajstić information content (AvgIpc) is 3.09. The summed E-state index contributed by atoms with van der Waals surface area (Å²) >= 11 is 0. The number of allylic oxidation sites excluding steroid dienone is 8. The van der Waals surface area contributed by atoms with Gasteiger partial charge in [-0.3, -0.25) is 0 Å². The first kappa shape index (κ1) is 46.9. The monoisotopic (exact) mass is 669 g/mol. The third-order valence-electron chi connectivity index (χ3n) is 10.0. The second-order valence-electron chi connectivity index (χ2n) is 14.7. The molecule has 0 bridgehead atoms. The Balaban J connectivity index is 4.13. The lowest BCUT2D eigenvalue weighted by Crippen LogP contribution is -2.37. The third kappa shape index (κ3) is 36.2. The summed E-state index contributed by atoms with van der Waals surface area (Å²) in [7, 11) is 0. The van der Waals surface area contributed by atoms with Crippen LogP contribution in [0.2, 0.25) is 0 Å². The zero-order chi connectivity index (χ0) is 35.0. The minimum atomic E-state index is 0.639. The van der Waals surface area contributed by atoms with E-state index in [-0.39, 0.29) is 0 Å². The first-order valence-electron chi connectivity index (χ1n) is 21.8. The van der Waals surface area contributed by atoms with Crippen LogP contribution in [0.4, 0.5) is 0 Å². The number of unbranched alkanes of at least 4 members (excludes halogenated alkanes) is 18. The van der Waals surface area contributed by atoms with Gasteiger partial charge < -0.3 is 10.2 Å². The van der Waals surface area contributed by atoms with Gasteiger partial charge >= 0.3 is 0 Å². The lowest BCUT2D eigenvalue weighted by molar-refractivity contribution is 0.284. The highest BCUT2D eigenvalue weighted by atomic mass is 15.1. The predicted octanol–water partition coefficient (Wildman–Crippen LogP) is 14.9. The van der Waals surface area contributed by atoms with Crippen LogP contribution in [0.15, 0.2) is 48.6 Å². The second-order valence-corrected chi connectivity index (χ2v) is 14.7. The van der Waals surface area contributed by atoms with Gasteiger partial charge in [0.25, 0.3) is 0 Å². The van der Waals surface area contributed by atoms with Gasteiger partial charge in [0.1, 0.15) is 0 Å². The van der Waals surface area contributed by atoms with E-state index in [2.05, 4.69) is 93.4 Å². The smallest absolute Gasteiger partial charge is 0.00695 e. The molecule has 0 spiro atoms. The Morgan fingerprint density at radius 3 is 1.19 bits per heavy atom. The van der Waals surface area contributed by atoms with E-state index < -0.39 is 0 Å². The van der Waals surface area contributed by atoms with Crippen molar-refractivity contribution in [1.82, 2.24) is 10.2 Å². The topological polar surface area (TPSA) is 15.3 Å². The van der Waals surface area contributed by atoms with Crippen LogP contribution >= 0.6 is 0 Å². The van der Waals surface area contributed by atoms with Crippen LogP contribution in [0, 0.1) is 0 Å². The summed E-state index contributed by atoms with van der Waals surface area (Å²) in [5.41, 5.74) is 0. The maximum absolute atomic E-state index is 4.09. The van der Waals surface area contributed by atoms with Crippen molar-refractivity contribution in [3.63, 3.8) is 0 Å². The van der Waals surface area contributed by atoms with Crippen molar-refractivity contribution in [1.29, 1.82) is 0 Å². The van der Waals surface area contributed by atoms with E-state index in [1.807, 2.05) is 0 Å². The lowest BCUT2D eigenvalue weighted by atomic mass is 9.98. The first-order valence-corrected chi connectivity index (χ1v) is 21.8. The molecule has 48 heavy (non-hydrogen) atoms. The molecule has 0 aromatic rings. The standard InChI is InChI=1S/C46H88N2/c1-6-10-12-14-16-18-20-22-24-26-28-30-32-34-36-38-42-46(47-45(5)41-40-44-48(8-3)9-4)43-39-37-35-33-31-29-27-25-23-21-19-17-15-13-11-7-2/h16-19,22-25,45-47H,6-15,20-21,26-44H2,1-5H3/b18-16-,19-17-,24-22-,25-23-. The molecule has 0 aliphatic rings. The molecular weight excluding hydrogens is 581 g/mol. The highest BCUT2D eigenvalue weighted by Crippen LogP contribution is 2.17. The van der Waals surface area contributed by atoms with Gasteiger partial charge in [-0.25, -0.2) is 0 Å². The van der Waals surface area contributed by atoms with Crippen molar-refractivity contribution in [2.75, 3.05) is 19.6 Å². The number of hydrogen-bond donors (Lipinski definition) is 1. The predicted molar refractivity (Wildman–Crippen MR) is 221 cm³/mol. The minimum Gasteiger partial charge on any atom is -0.312 e. The maximum atomic E-state index is 4.09. The molecule has 0 heterocycles. The van der Waals surface area contributed by atoms with Crippen LogP contribution in [0.5, 0.6) is 0 Å². The molecule has 0 aliphatic heterocycles. The lowest BCUT2D eigenvalue weighted by Gasteiger charge is -2.25. The van der Waals surface area contributed by atoms with E-state index in [1.165, 1.54) is 187 Å². The van der Waals surface area contributed by atoms with Crippen LogP contribution in [-0.2, 0) is 0 Å². The quantitative estimate of drug-likeness (QED) is 0.0520. The second kappa shape index (κ2) is 40.3. The van der Waals surface area contributed by atoms with Gasteiger partial charge in [0, 0.05) is 12.1 Å². The van der Waals surface area contributed by atoms with Crippen LogP contribution in [0.1, 0.15) is 214 Å². The fraction of sp³-hybridized carbons (Fsp3) is 0.826. The van der Waals surface area contributed by atoms with E-state index >= 15 is 0 Å². The largest absolute Gasteiger partial charge is 0.312 e. The minimum absolute atomic E-state index is 0.639. The third-order valence-corrected chi connectivity index (χ3v) is 10.0. The number of nitrogens with one attached hydrogen (secondary N) is 1. The highest BCUT2D eigenvalue weighted by molar-refractivity contribution is 4.93. The Kier molecular flexibility index (Phi) is 39.4. The Hall–Kier alpha value is -1.12. The van der Waals surface area contributed by atoms with Gasteiger partial charge in [0.05, 0.1) is 0 Å². The molecule has 0 saturated heterocycles. The van der Waals surface area contributed by atoms with Crippen LogP contribution in [-0.4, -0.2) is 36.6 Å². The van der Waals surface area contributed by atoms with Gasteiger partial charge in [-0.15, -0.1) is 0 Å². The molecule has 0 amide bonds. The first-order chi connectivity index (χ1) is 23.7. The molecule has 2 heteroatoms. The number of hydrogen-bond acceptors (Lipinski definition) is 2. The summed E-state index contributed by atoms with van der Waals surface area (Å²) in [4.78, 5) is 2.57. The van der Waals surface area contributed by atoms with E-state index in [4.69, 9.17) is 0 Å². The molecule has 282 valence electrons. The summed E-state index contributed by atoms with van der Waals surface area (Å²) in [6, 6.07) is 1.35. The van der Waals surface area contributed by atoms with Gasteiger partial charge in [-0.1, -0.05) is 166 Å². The molecule has 1 N–H and O–H groups in total. The van der Waals surface area contributed by atoms with Crippen molar-refractivity contribution >= 4 is 0 Å². The maximum Gasteiger partial charge on any atom is 0.00695 e. The zero-order valence-corrected chi connectivity index (χ0v) is 33.6. The molecule has 0 aromatic carbocycles. The molecule has 0 rings (SSSR count). The summed E-state index contributed by atoms with van der Waals surface area (Å²) in [5, 5.41) is 4.09. The van der Waals surface area contributed by atoms with Gasteiger partial charge in [0.15, 0.2) is 0 Å². The van der Waals surface area contributed by atoms with Crippen molar-refractivity contribution in [2.45, 2.75) is 226 Å². The fourth-order valence-electron chi connectivity index (χ4n) is 6.72. The molecule has 0 radical (unpaired) electrons. The van der Waals surface area contributed by atoms with E-state index in [0.29, 0.717) is 12.1 Å². The SMILES string of the molecule is CCCCC/C=C\C/C=C\CCCCCCCCC(CCCCCCCC/C=C\C/C=C\CCCCC)NC(C)CCCN(CC)CC. The zero-order valence-electron chi connectivity index (χ0n) is 33.6.